The molecule has 24 heavy (non-hydrogen) atoms. The largest absolute Gasteiger partial charge is 0.274 e. The summed E-state index contributed by atoms with van der Waals surface area (Å²) >= 11 is 0. The highest BCUT2D eigenvalue weighted by Crippen LogP contribution is 2.29. The van der Waals surface area contributed by atoms with Crippen molar-refractivity contribution in [3.8, 4) is 34.0 Å². The van der Waals surface area contributed by atoms with E-state index in [1.165, 1.54) is 0 Å². The van der Waals surface area contributed by atoms with E-state index >= 15 is 0 Å². The van der Waals surface area contributed by atoms with Gasteiger partial charge in [0, 0.05) is 36.1 Å². The molecule has 0 unspecified atom stereocenters. The van der Waals surface area contributed by atoms with Crippen LogP contribution in [0.25, 0.3) is 22.5 Å². The number of rotatable bonds is 2. The molecule has 4 nitrogen and oxygen atoms in total. The Labute approximate surface area is 143 Å². The van der Waals surface area contributed by atoms with Crippen LogP contribution in [-0.2, 0) is 7.05 Å². The highest BCUT2D eigenvalue weighted by molar-refractivity contribution is 6.83. The van der Waals surface area contributed by atoms with E-state index in [1.807, 2.05) is 24.0 Å². The molecule has 0 aliphatic heterocycles. The molecular formula is C19H20N4Si. The van der Waals surface area contributed by atoms with Crippen LogP contribution in [0.1, 0.15) is 5.56 Å². The summed E-state index contributed by atoms with van der Waals surface area (Å²) in [7, 11) is 0.560. The first-order valence-electron chi connectivity index (χ1n) is 7.86. The van der Waals surface area contributed by atoms with Crippen molar-refractivity contribution in [3.63, 3.8) is 0 Å². The fourth-order valence-electron chi connectivity index (χ4n) is 2.31. The molecule has 0 radical (unpaired) electrons. The maximum Gasteiger partial charge on any atom is 0.129 e. The highest BCUT2D eigenvalue weighted by Gasteiger charge is 2.13. The van der Waals surface area contributed by atoms with Crippen molar-refractivity contribution >= 4 is 8.07 Å². The fourth-order valence-corrected chi connectivity index (χ4v) is 2.83. The number of hydrogen-bond acceptors (Lipinski definition) is 3. The zero-order chi connectivity index (χ0) is 17.2. The minimum absolute atomic E-state index is 0.871. The molecule has 0 atom stereocenters. The third-order valence-corrected chi connectivity index (χ3v) is 4.30. The zero-order valence-corrected chi connectivity index (χ0v) is 15.4. The molecule has 5 heteroatoms. The van der Waals surface area contributed by atoms with Gasteiger partial charge in [-0.2, -0.15) is 5.10 Å². The molecule has 0 saturated heterocycles. The monoisotopic (exact) mass is 332 g/mol. The predicted octanol–water partition coefficient (Wildman–Crippen LogP) is 3.77. The van der Waals surface area contributed by atoms with Gasteiger partial charge in [0.25, 0.3) is 0 Å². The van der Waals surface area contributed by atoms with Crippen molar-refractivity contribution in [1.82, 2.24) is 19.7 Å². The van der Waals surface area contributed by atoms with Crippen LogP contribution in [0.15, 0.2) is 49.1 Å². The highest BCUT2D eigenvalue weighted by atomic mass is 28.3. The minimum Gasteiger partial charge on any atom is -0.274 e. The Morgan fingerprint density at radius 1 is 1.04 bits per heavy atom. The fraction of sp³-hybridized carbons (Fsp3) is 0.211. The second kappa shape index (κ2) is 6.42. The molecule has 0 amide bonds. The van der Waals surface area contributed by atoms with Crippen molar-refractivity contribution in [3.05, 3.63) is 54.6 Å². The van der Waals surface area contributed by atoms with Crippen LogP contribution in [0, 0.1) is 11.5 Å². The summed E-state index contributed by atoms with van der Waals surface area (Å²) < 4.78 is 1.81. The Bertz CT molecular complexity index is 895. The van der Waals surface area contributed by atoms with Gasteiger partial charge < -0.3 is 0 Å². The third kappa shape index (κ3) is 3.78. The van der Waals surface area contributed by atoms with Gasteiger partial charge in [0.15, 0.2) is 0 Å². The lowest BCUT2D eigenvalue weighted by Crippen LogP contribution is -2.16. The average Bonchev–Trinajstić information content (AvgIpc) is 2.95. The van der Waals surface area contributed by atoms with Crippen LogP contribution in [-0.4, -0.2) is 27.8 Å². The number of aromatic nitrogens is 4. The van der Waals surface area contributed by atoms with E-state index in [0.29, 0.717) is 0 Å². The summed E-state index contributed by atoms with van der Waals surface area (Å²) in [5, 5.41) is 4.60. The third-order valence-electron chi connectivity index (χ3n) is 3.43. The topological polar surface area (TPSA) is 43.6 Å². The van der Waals surface area contributed by atoms with Gasteiger partial charge in [0.05, 0.1) is 5.69 Å². The minimum atomic E-state index is -1.36. The smallest absolute Gasteiger partial charge is 0.129 e. The van der Waals surface area contributed by atoms with Crippen LogP contribution in [0.2, 0.25) is 19.6 Å². The Morgan fingerprint density at radius 3 is 2.42 bits per heavy atom. The van der Waals surface area contributed by atoms with Gasteiger partial charge in [-0.3, -0.25) is 4.68 Å². The lowest BCUT2D eigenvalue weighted by atomic mass is 10.0. The van der Waals surface area contributed by atoms with Crippen molar-refractivity contribution in [2.75, 3.05) is 0 Å². The molecule has 3 rings (SSSR count). The molecule has 0 saturated carbocycles. The normalized spacial score (nSPS) is 11.0. The molecule has 0 aliphatic rings. The van der Waals surface area contributed by atoms with Gasteiger partial charge in [-0.25, -0.2) is 9.97 Å². The lowest BCUT2D eigenvalue weighted by Gasteiger charge is -2.04. The number of hydrogen-bond donors (Lipinski definition) is 0. The van der Waals surface area contributed by atoms with Gasteiger partial charge in [0.1, 0.15) is 20.1 Å². The lowest BCUT2D eigenvalue weighted by molar-refractivity contribution is 0.771. The quantitative estimate of drug-likeness (QED) is 0.530. The molecule has 0 fully saturated rings. The Balaban J connectivity index is 1.97. The van der Waals surface area contributed by atoms with Crippen molar-refractivity contribution in [2.45, 2.75) is 19.6 Å². The molecule has 0 aliphatic carbocycles. The van der Waals surface area contributed by atoms with Gasteiger partial charge in [-0.1, -0.05) is 37.7 Å². The van der Waals surface area contributed by atoms with Crippen LogP contribution >= 0.6 is 0 Å². The molecule has 2 aromatic heterocycles. The summed E-state index contributed by atoms with van der Waals surface area (Å²) in [4.78, 5) is 8.32. The van der Waals surface area contributed by atoms with E-state index in [0.717, 1.165) is 28.1 Å². The Kier molecular flexibility index (Phi) is 4.32. The molecular weight excluding hydrogens is 312 g/mol. The van der Waals surface area contributed by atoms with Crippen LogP contribution in [0.3, 0.4) is 0 Å². The van der Waals surface area contributed by atoms with E-state index in [1.54, 1.807) is 12.5 Å². The van der Waals surface area contributed by atoms with E-state index in [4.69, 9.17) is 0 Å². The van der Waals surface area contributed by atoms with E-state index < -0.39 is 8.07 Å². The number of aryl methyl sites for hydroxylation is 1. The van der Waals surface area contributed by atoms with Crippen molar-refractivity contribution in [1.29, 1.82) is 0 Å². The first kappa shape index (κ1) is 16.2. The molecule has 0 N–H and O–H groups in total. The van der Waals surface area contributed by atoms with Gasteiger partial charge in [-0.05, 0) is 18.2 Å². The summed E-state index contributed by atoms with van der Waals surface area (Å²) in [5.41, 5.74) is 8.28. The summed E-state index contributed by atoms with van der Waals surface area (Å²) in [5.74, 6) is 3.28. The van der Waals surface area contributed by atoms with Crippen molar-refractivity contribution in [2.24, 2.45) is 7.05 Å². The summed E-state index contributed by atoms with van der Waals surface area (Å²) in [6, 6.07) is 10.2. The molecule has 0 bridgehead atoms. The molecule has 2 heterocycles. The predicted molar refractivity (Wildman–Crippen MR) is 99.9 cm³/mol. The van der Waals surface area contributed by atoms with Gasteiger partial charge in [0.2, 0.25) is 0 Å². The second-order valence-corrected chi connectivity index (χ2v) is 11.5. The van der Waals surface area contributed by atoms with Crippen LogP contribution < -0.4 is 0 Å². The standard InChI is InChI=1S/C19H20N4Si/c1-23-13-17(18-9-11-20-14-21-18)19(22-23)16-7-5-15(6-8-16)10-12-24(2,3)4/h5-9,11,13-14H,1-4H3. The molecule has 120 valence electrons. The second-order valence-electron chi connectivity index (χ2n) is 6.74. The average molecular weight is 332 g/mol. The SMILES string of the molecule is Cn1cc(-c2ccncn2)c(-c2ccc(C#C[Si](C)(C)C)cc2)n1. The van der Waals surface area contributed by atoms with Crippen molar-refractivity contribution < 1.29 is 0 Å². The molecule has 1 aromatic carbocycles. The molecule has 0 spiro atoms. The zero-order valence-electron chi connectivity index (χ0n) is 14.4. The number of benzene rings is 1. The van der Waals surface area contributed by atoms with Crippen LogP contribution in [0.4, 0.5) is 0 Å². The maximum absolute atomic E-state index is 4.60. The molecule has 3 aromatic rings. The summed E-state index contributed by atoms with van der Waals surface area (Å²) in [6.07, 6.45) is 5.28. The first-order valence-corrected chi connectivity index (χ1v) is 11.4. The van der Waals surface area contributed by atoms with E-state index in [-0.39, 0.29) is 0 Å². The van der Waals surface area contributed by atoms with Gasteiger partial charge >= 0.3 is 0 Å². The maximum atomic E-state index is 4.60. The van der Waals surface area contributed by atoms with E-state index in [2.05, 4.69) is 70.4 Å². The Morgan fingerprint density at radius 2 is 1.79 bits per heavy atom. The Hall–Kier alpha value is -2.71. The number of nitrogens with zero attached hydrogens (tertiary/aromatic N) is 4. The van der Waals surface area contributed by atoms with Gasteiger partial charge in [-0.15, -0.1) is 5.54 Å². The first-order chi connectivity index (χ1) is 11.4. The summed E-state index contributed by atoms with van der Waals surface area (Å²) in [6.45, 7) is 6.74. The van der Waals surface area contributed by atoms with E-state index in [9.17, 15) is 0 Å². The van der Waals surface area contributed by atoms with Crippen LogP contribution in [0.5, 0.6) is 0 Å².